The highest BCUT2D eigenvalue weighted by atomic mass is 35.5. The van der Waals surface area contributed by atoms with Crippen LogP contribution in [-0.2, 0) is 9.59 Å². The van der Waals surface area contributed by atoms with Crippen molar-refractivity contribution in [2.24, 2.45) is 0 Å². The van der Waals surface area contributed by atoms with Gasteiger partial charge in [-0.3, -0.25) is 14.4 Å². The summed E-state index contributed by atoms with van der Waals surface area (Å²) < 4.78 is 5.25. The Bertz CT molecular complexity index is 1310. The van der Waals surface area contributed by atoms with Crippen LogP contribution < -0.4 is 20.3 Å². The lowest BCUT2D eigenvalue weighted by atomic mass is 10.1. The molecular formula is C26H22ClN3O4. The summed E-state index contributed by atoms with van der Waals surface area (Å²) in [5, 5.41) is 5.53. The number of imide groups is 1. The molecule has 3 amide bonds. The van der Waals surface area contributed by atoms with Crippen molar-refractivity contribution in [3.8, 4) is 5.75 Å². The minimum absolute atomic E-state index is 0.0166. The summed E-state index contributed by atoms with van der Waals surface area (Å²) in [5.74, 6) is -0.903. The van der Waals surface area contributed by atoms with E-state index in [1.54, 1.807) is 54.6 Å². The van der Waals surface area contributed by atoms with E-state index in [1.807, 2.05) is 26.0 Å². The summed E-state index contributed by atoms with van der Waals surface area (Å²) in [6, 6.07) is 19.0. The van der Waals surface area contributed by atoms with E-state index in [9.17, 15) is 14.4 Å². The van der Waals surface area contributed by atoms with Gasteiger partial charge in [-0.05, 0) is 73.5 Å². The SMILES string of the molecule is COc1ccccc1NC(=O)c1ccc(NC2=C(Cl)C(=O)N(c3cc(C)cc(C)c3)C2=O)cc1. The van der Waals surface area contributed by atoms with Gasteiger partial charge < -0.3 is 15.4 Å². The Hall–Kier alpha value is -4.10. The van der Waals surface area contributed by atoms with E-state index < -0.39 is 11.8 Å². The van der Waals surface area contributed by atoms with Gasteiger partial charge in [0.15, 0.2) is 0 Å². The Morgan fingerprint density at radius 2 is 1.56 bits per heavy atom. The molecule has 3 aromatic carbocycles. The third kappa shape index (κ3) is 4.51. The van der Waals surface area contributed by atoms with Gasteiger partial charge in [-0.25, -0.2) is 4.90 Å². The van der Waals surface area contributed by atoms with Crippen LogP contribution in [0, 0.1) is 13.8 Å². The highest BCUT2D eigenvalue weighted by Gasteiger charge is 2.39. The molecule has 0 spiro atoms. The van der Waals surface area contributed by atoms with E-state index in [2.05, 4.69) is 10.6 Å². The lowest BCUT2D eigenvalue weighted by Gasteiger charge is -2.16. The highest BCUT2D eigenvalue weighted by Crippen LogP contribution is 2.31. The fraction of sp³-hybridized carbons (Fsp3) is 0.115. The summed E-state index contributed by atoms with van der Waals surface area (Å²) in [5.41, 5.74) is 3.76. The minimum Gasteiger partial charge on any atom is -0.495 e. The first-order valence-electron chi connectivity index (χ1n) is 10.5. The van der Waals surface area contributed by atoms with Crippen LogP contribution in [0.15, 0.2) is 77.5 Å². The van der Waals surface area contributed by atoms with Crippen molar-refractivity contribution < 1.29 is 19.1 Å². The molecular weight excluding hydrogens is 454 g/mol. The molecule has 0 aromatic heterocycles. The fourth-order valence-electron chi connectivity index (χ4n) is 3.72. The van der Waals surface area contributed by atoms with Gasteiger partial charge in [0.2, 0.25) is 0 Å². The molecule has 0 aliphatic carbocycles. The normalized spacial score (nSPS) is 13.4. The van der Waals surface area contributed by atoms with E-state index in [0.717, 1.165) is 16.0 Å². The van der Waals surface area contributed by atoms with Crippen molar-refractivity contribution in [3.05, 3.63) is 94.1 Å². The first-order valence-corrected chi connectivity index (χ1v) is 10.8. The Balaban J connectivity index is 1.50. The topological polar surface area (TPSA) is 87.7 Å². The second-order valence-electron chi connectivity index (χ2n) is 7.84. The van der Waals surface area contributed by atoms with E-state index in [1.165, 1.54) is 7.11 Å². The lowest BCUT2D eigenvalue weighted by molar-refractivity contribution is -0.120. The molecule has 1 aliphatic rings. The Kier molecular flexibility index (Phi) is 6.38. The minimum atomic E-state index is -0.591. The Morgan fingerprint density at radius 3 is 2.21 bits per heavy atom. The number of para-hydroxylation sites is 2. The molecule has 2 N–H and O–H groups in total. The largest absolute Gasteiger partial charge is 0.495 e. The Morgan fingerprint density at radius 1 is 0.912 bits per heavy atom. The number of hydrogen-bond acceptors (Lipinski definition) is 5. The fourth-order valence-corrected chi connectivity index (χ4v) is 3.93. The maximum Gasteiger partial charge on any atom is 0.283 e. The van der Waals surface area contributed by atoms with Crippen LogP contribution in [0.5, 0.6) is 5.75 Å². The maximum absolute atomic E-state index is 13.0. The molecule has 0 bridgehead atoms. The number of carbonyl (C=O) groups is 3. The van der Waals surface area contributed by atoms with Gasteiger partial charge in [-0.2, -0.15) is 0 Å². The summed E-state index contributed by atoms with van der Waals surface area (Å²) in [6.07, 6.45) is 0. The zero-order valence-corrected chi connectivity index (χ0v) is 19.6. The number of ether oxygens (including phenoxy) is 1. The zero-order chi connectivity index (χ0) is 24.4. The Labute approximate surface area is 202 Å². The highest BCUT2D eigenvalue weighted by molar-refractivity contribution is 6.53. The van der Waals surface area contributed by atoms with E-state index in [-0.39, 0.29) is 16.6 Å². The molecule has 8 heteroatoms. The van der Waals surface area contributed by atoms with E-state index in [0.29, 0.717) is 28.4 Å². The van der Waals surface area contributed by atoms with Crippen LogP contribution in [0.2, 0.25) is 0 Å². The van der Waals surface area contributed by atoms with Crippen LogP contribution in [0.1, 0.15) is 21.5 Å². The van der Waals surface area contributed by atoms with Gasteiger partial charge in [-0.15, -0.1) is 0 Å². The summed E-state index contributed by atoms with van der Waals surface area (Å²) in [7, 11) is 1.53. The van der Waals surface area contributed by atoms with Crippen molar-refractivity contribution >= 4 is 46.4 Å². The number of nitrogens with one attached hydrogen (secondary N) is 2. The second-order valence-corrected chi connectivity index (χ2v) is 8.22. The number of aryl methyl sites for hydroxylation is 2. The number of hydrogen-bond donors (Lipinski definition) is 2. The molecule has 0 radical (unpaired) electrons. The first-order chi connectivity index (χ1) is 16.3. The number of nitrogens with zero attached hydrogens (tertiary/aromatic N) is 1. The van der Waals surface area contributed by atoms with Crippen LogP contribution in [0.4, 0.5) is 17.1 Å². The third-order valence-corrected chi connectivity index (χ3v) is 5.61. The first kappa shape index (κ1) is 23.1. The van der Waals surface area contributed by atoms with Gasteiger partial charge in [0.1, 0.15) is 16.5 Å². The average Bonchev–Trinajstić information content (AvgIpc) is 3.02. The van der Waals surface area contributed by atoms with Crippen LogP contribution in [0.25, 0.3) is 0 Å². The number of benzene rings is 3. The second kappa shape index (κ2) is 9.41. The van der Waals surface area contributed by atoms with E-state index in [4.69, 9.17) is 16.3 Å². The quantitative estimate of drug-likeness (QED) is 0.490. The molecule has 0 unspecified atom stereocenters. The van der Waals surface area contributed by atoms with Crippen LogP contribution >= 0.6 is 11.6 Å². The van der Waals surface area contributed by atoms with Gasteiger partial charge in [0, 0.05) is 11.3 Å². The molecule has 34 heavy (non-hydrogen) atoms. The number of anilines is 3. The molecule has 4 rings (SSSR count). The molecule has 1 heterocycles. The summed E-state index contributed by atoms with van der Waals surface area (Å²) in [6.45, 7) is 3.78. The molecule has 3 aromatic rings. The number of carbonyl (C=O) groups excluding carboxylic acids is 3. The van der Waals surface area contributed by atoms with Gasteiger partial charge in [-0.1, -0.05) is 29.8 Å². The predicted molar refractivity (Wildman–Crippen MR) is 132 cm³/mol. The number of rotatable bonds is 6. The van der Waals surface area contributed by atoms with E-state index >= 15 is 0 Å². The van der Waals surface area contributed by atoms with Gasteiger partial charge >= 0.3 is 0 Å². The molecule has 172 valence electrons. The smallest absolute Gasteiger partial charge is 0.283 e. The predicted octanol–water partition coefficient (Wildman–Crippen LogP) is 5.00. The van der Waals surface area contributed by atoms with Crippen molar-refractivity contribution in [1.29, 1.82) is 0 Å². The van der Waals surface area contributed by atoms with Crippen molar-refractivity contribution in [2.75, 3.05) is 22.6 Å². The number of halogens is 1. The number of amides is 3. The molecule has 7 nitrogen and oxygen atoms in total. The molecule has 0 saturated heterocycles. The molecule has 1 aliphatic heterocycles. The molecule has 0 saturated carbocycles. The zero-order valence-electron chi connectivity index (χ0n) is 18.8. The maximum atomic E-state index is 13.0. The average molecular weight is 476 g/mol. The molecule has 0 atom stereocenters. The van der Waals surface area contributed by atoms with Crippen molar-refractivity contribution in [2.45, 2.75) is 13.8 Å². The van der Waals surface area contributed by atoms with Gasteiger partial charge in [0.25, 0.3) is 17.7 Å². The lowest BCUT2D eigenvalue weighted by Crippen LogP contribution is -2.32. The van der Waals surface area contributed by atoms with Crippen molar-refractivity contribution in [1.82, 2.24) is 0 Å². The monoisotopic (exact) mass is 475 g/mol. The molecule has 0 fully saturated rings. The summed E-state index contributed by atoms with van der Waals surface area (Å²) in [4.78, 5) is 39.4. The number of methoxy groups -OCH3 is 1. The third-order valence-electron chi connectivity index (χ3n) is 5.26. The standard InChI is InChI=1S/C26H22ClN3O4/c1-15-12-16(2)14-19(13-15)30-25(32)22(27)23(26(30)33)28-18-10-8-17(9-11-18)24(31)29-20-6-4-5-7-21(20)34-3/h4-14,28H,1-3H3,(H,29,31). The van der Waals surface area contributed by atoms with Crippen LogP contribution in [0.3, 0.4) is 0 Å². The summed E-state index contributed by atoms with van der Waals surface area (Å²) >= 11 is 6.23. The van der Waals surface area contributed by atoms with Crippen molar-refractivity contribution in [3.63, 3.8) is 0 Å². The van der Waals surface area contributed by atoms with Gasteiger partial charge in [0.05, 0.1) is 18.5 Å². The van der Waals surface area contributed by atoms with Crippen LogP contribution in [-0.4, -0.2) is 24.8 Å².